The topological polar surface area (TPSA) is 107 Å². The Morgan fingerprint density at radius 1 is 1.00 bits per heavy atom. The first-order valence-electron chi connectivity index (χ1n) is 10.4. The summed E-state index contributed by atoms with van der Waals surface area (Å²) < 4.78 is 30.3. The molecule has 0 saturated carbocycles. The predicted octanol–water partition coefficient (Wildman–Crippen LogP) is 5.42. The van der Waals surface area contributed by atoms with Crippen molar-refractivity contribution in [2.45, 2.75) is 27.4 Å². The number of amides is 2. The monoisotopic (exact) mass is 463 g/mol. The number of ether oxygens (including phenoxy) is 1. The molecule has 174 valence electrons. The van der Waals surface area contributed by atoms with Gasteiger partial charge in [-0.05, 0) is 63.2 Å². The highest BCUT2D eigenvalue weighted by Crippen LogP contribution is 2.23. The van der Waals surface area contributed by atoms with Gasteiger partial charge in [0.1, 0.15) is 29.7 Å². The average molecular weight is 463 g/mol. The number of anilines is 2. The zero-order valence-corrected chi connectivity index (χ0v) is 18.8. The predicted molar refractivity (Wildman–Crippen MR) is 123 cm³/mol. The zero-order valence-electron chi connectivity index (χ0n) is 18.8. The molecule has 0 saturated heterocycles. The van der Waals surface area contributed by atoms with E-state index in [4.69, 9.17) is 13.7 Å². The Kier molecular flexibility index (Phi) is 6.44. The van der Waals surface area contributed by atoms with Crippen molar-refractivity contribution in [3.05, 3.63) is 94.5 Å². The summed E-state index contributed by atoms with van der Waals surface area (Å²) in [5.41, 5.74) is 2.48. The molecule has 0 spiro atoms. The van der Waals surface area contributed by atoms with E-state index in [-0.39, 0.29) is 12.3 Å². The van der Waals surface area contributed by atoms with Gasteiger partial charge in [0.15, 0.2) is 0 Å². The molecule has 0 unspecified atom stereocenters. The van der Waals surface area contributed by atoms with Crippen LogP contribution in [0.3, 0.4) is 0 Å². The lowest BCUT2D eigenvalue weighted by atomic mass is 10.2. The van der Waals surface area contributed by atoms with E-state index in [1.54, 1.807) is 38.1 Å². The summed E-state index contributed by atoms with van der Waals surface area (Å²) in [7, 11) is 0. The van der Waals surface area contributed by atoms with Gasteiger partial charge in [0.05, 0.1) is 28.8 Å². The number of carbonyl (C=O) groups excluding carboxylic acids is 2. The Morgan fingerprint density at radius 2 is 1.82 bits per heavy atom. The smallest absolute Gasteiger partial charge is 0.259 e. The quantitative estimate of drug-likeness (QED) is 0.379. The van der Waals surface area contributed by atoms with E-state index in [2.05, 4.69) is 15.8 Å². The number of aromatic nitrogens is 1. The second-order valence-electron chi connectivity index (χ2n) is 7.61. The van der Waals surface area contributed by atoms with Gasteiger partial charge in [-0.3, -0.25) is 9.59 Å². The summed E-state index contributed by atoms with van der Waals surface area (Å²) in [5.74, 6) is 0.0129. The first-order valence-corrected chi connectivity index (χ1v) is 10.4. The molecule has 0 aliphatic heterocycles. The number of carbonyl (C=O) groups is 2. The first kappa shape index (κ1) is 22.8. The summed E-state index contributed by atoms with van der Waals surface area (Å²) in [6.07, 6.45) is 1.38. The van der Waals surface area contributed by atoms with Crippen LogP contribution >= 0.6 is 0 Å². The highest BCUT2D eigenvalue weighted by molar-refractivity contribution is 6.07. The van der Waals surface area contributed by atoms with Crippen molar-refractivity contribution in [2.75, 3.05) is 10.6 Å². The van der Waals surface area contributed by atoms with E-state index < -0.39 is 17.6 Å². The molecule has 34 heavy (non-hydrogen) atoms. The molecule has 0 bridgehead atoms. The molecule has 2 aromatic heterocycles. The molecule has 4 rings (SSSR count). The first-order chi connectivity index (χ1) is 16.3. The lowest BCUT2D eigenvalue weighted by molar-refractivity contribution is 0.101. The summed E-state index contributed by atoms with van der Waals surface area (Å²) in [5, 5.41) is 9.10. The molecule has 2 amide bonds. The SMILES string of the molecule is Cc1noc(C)c1COc1cccc(C(=O)Nc2ccc(F)c(NC(=O)c3ccoc3C)c2)c1. The molecule has 4 aromatic rings. The Balaban J connectivity index is 1.44. The van der Waals surface area contributed by atoms with Crippen molar-refractivity contribution in [3.63, 3.8) is 0 Å². The van der Waals surface area contributed by atoms with Crippen molar-refractivity contribution in [3.8, 4) is 5.75 Å². The van der Waals surface area contributed by atoms with E-state index in [1.165, 1.54) is 24.5 Å². The molecule has 0 aliphatic carbocycles. The minimum absolute atomic E-state index is 0.0695. The highest BCUT2D eigenvalue weighted by atomic mass is 19.1. The van der Waals surface area contributed by atoms with Gasteiger partial charge in [0, 0.05) is 11.3 Å². The summed E-state index contributed by atoms with van der Waals surface area (Å²) in [6.45, 7) is 5.52. The number of hydrogen-bond acceptors (Lipinski definition) is 6. The van der Waals surface area contributed by atoms with Crippen LogP contribution in [0.5, 0.6) is 5.75 Å². The van der Waals surface area contributed by atoms with Gasteiger partial charge in [0.2, 0.25) is 0 Å². The van der Waals surface area contributed by atoms with Gasteiger partial charge in [-0.15, -0.1) is 0 Å². The third kappa shape index (κ3) is 4.98. The number of rotatable bonds is 7. The number of benzene rings is 2. The number of aryl methyl sites for hydroxylation is 3. The number of nitrogens with one attached hydrogen (secondary N) is 2. The molecule has 8 nitrogen and oxygen atoms in total. The average Bonchev–Trinajstić information content (AvgIpc) is 3.39. The van der Waals surface area contributed by atoms with Crippen LogP contribution in [-0.2, 0) is 6.61 Å². The van der Waals surface area contributed by atoms with Gasteiger partial charge in [-0.2, -0.15) is 0 Å². The Morgan fingerprint density at radius 3 is 2.53 bits per heavy atom. The number of furan rings is 1. The van der Waals surface area contributed by atoms with Crippen molar-refractivity contribution in [2.24, 2.45) is 0 Å². The Hall–Kier alpha value is -4.40. The van der Waals surface area contributed by atoms with Crippen molar-refractivity contribution in [1.82, 2.24) is 5.16 Å². The maximum absolute atomic E-state index is 14.3. The van der Waals surface area contributed by atoms with Crippen LogP contribution in [0.2, 0.25) is 0 Å². The molecule has 0 fully saturated rings. The number of hydrogen-bond donors (Lipinski definition) is 2. The van der Waals surface area contributed by atoms with Crippen LogP contribution in [0.4, 0.5) is 15.8 Å². The molecule has 0 aliphatic rings. The largest absolute Gasteiger partial charge is 0.489 e. The minimum Gasteiger partial charge on any atom is -0.489 e. The Bertz CT molecular complexity index is 1340. The fourth-order valence-corrected chi connectivity index (χ4v) is 3.30. The molecular weight excluding hydrogens is 441 g/mol. The van der Waals surface area contributed by atoms with E-state index in [1.807, 2.05) is 6.92 Å². The Labute approximate surface area is 194 Å². The van der Waals surface area contributed by atoms with Gasteiger partial charge >= 0.3 is 0 Å². The van der Waals surface area contributed by atoms with Gasteiger partial charge in [-0.1, -0.05) is 11.2 Å². The number of nitrogens with zero attached hydrogens (tertiary/aromatic N) is 1. The number of halogens is 1. The van der Waals surface area contributed by atoms with Crippen molar-refractivity contribution in [1.29, 1.82) is 0 Å². The van der Waals surface area contributed by atoms with Gasteiger partial charge in [0.25, 0.3) is 11.8 Å². The molecule has 0 atom stereocenters. The fourth-order valence-electron chi connectivity index (χ4n) is 3.30. The van der Waals surface area contributed by atoms with E-state index >= 15 is 0 Å². The van der Waals surface area contributed by atoms with Crippen molar-refractivity contribution >= 4 is 23.2 Å². The second kappa shape index (κ2) is 9.62. The molecule has 9 heteroatoms. The van der Waals surface area contributed by atoms with E-state index in [0.29, 0.717) is 34.1 Å². The third-order valence-electron chi connectivity index (χ3n) is 5.24. The van der Waals surface area contributed by atoms with E-state index in [9.17, 15) is 14.0 Å². The lowest BCUT2D eigenvalue weighted by Crippen LogP contribution is -2.15. The van der Waals surface area contributed by atoms with Crippen LogP contribution in [-0.4, -0.2) is 17.0 Å². The standard InChI is InChI=1S/C25H22FN3O5/c1-14-21(16(3)34-29-14)13-33-19-6-4-5-17(11-19)24(30)27-18-7-8-22(26)23(12-18)28-25(31)20-9-10-32-15(20)2/h4-12H,13H2,1-3H3,(H,27,30)(H,28,31). The van der Waals surface area contributed by atoms with Crippen LogP contribution in [0.25, 0.3) is 0 Å². The summed E-state index contributed by atoms with van der Waals surface area (Å²) >= 11 is 0. The normalized spacial score (nSPS) is 10.7. The van der Waals surface area contributed by atoms with Crippen LogP contribution < -0.4 is 15.4 Å². The second-order valence-corrected chi connectivity index (χ2v) is 7.61. The van der Waals surface area contributed by atoms with Gasteiger partial charge < -0.3 is 24.3 Å². The minimum atomic E-state index is -0.637. The fraction of sp³-hybridized carbons (Fsp3) is 0.160. The molecule has 2 aromatic carbocycles. The maximum Gasteiger partial charge on any atom is 0.259 e. The third-order valence-corrected chi connectivity index (χ3v) is 5.24. The van der Waals surface area contributed by atoms with Crippen molar-refractivity contribution < 1.29 is 27.7 Å². The van der Waals surface area contributed by atoms with Gasteiger partial charge in [-0.25, -0.2) is 4.39 Å². The lowest BCUT2D eigenvalue weighted by Gasteiger charge is -2.11. The summed E-state index contributed by atoms with van der Waals surface area (Å²) in [4.78, 5) is 25.2. The molecule has 2 N–H and O–H groups in total. The van der Waals surface area contributed by atoms with Crippen LogP contribution in [0, 0.1) is 26.6 Å². The van der Waals surface area contributed by atoms with E-state index in [0.717, 1.165) is 17.3 Å². The highest BCUT2D eigenvalue weighted by Gasteiger charge is 2.15. The maximum atomic E-state index is 14.3. The molecule has 2 heterocycles. The molecule has 0 radical (unpaired) electrons. The molecular formula is C25H22FN3O5. The summed E-state index contributed by atoms with van der Waals surface area (Å²) in [6, 6.07) is 12.1. The van der Waals surface area contributed by atoms with Crippen LogP contribution in [0.1, 0.15) is 43.5 Å². The zero-order chi connectivity index (χ0) is 24.2. The van der Waals surface area contributed by atoms with Crippen LogP contribution in [0.15, 0.2) is 63.7 Å².